The Morgan fingerprint density at radius 1 is 1.50 bits per heavy atom. The predicted octanol–water partition coefficient (Wildman–Crippen LogP) is 0.209. The first-order valence-corrected chi connectivity index (χ1v) is 4.17. The molecule has 0 saturated heterocycles. The zero-order chi connectivity index (χ0) is 10.6. The Bertz CT molecular complexity index is 147. The Labute approximate surface area is 79.7 Å². The first kappa shape index (κ1) is 17.5. The fourth-order valence-electron chi connectivity index (χ4n) is 0. The molecule has 0 aromatic carbocycles. The number of hydrogen-bond donors (Lipinski definition) is 2. The summed E-state index contributed by atoms with van der Waals surface area (Å²) in [5.74, 6) is -1.05. The van der Waals surface area contributed by atoms with Crippen LogP contribution in [0.4, 0.5) is 0 Å². The Balaban J connectivity index is -0.000000115. The zero-order valence-corrected chi connectivity index (χ0v) is 8.47. The Morgan fingerprint density at radius 2 is 1.58 bits per heavy atom. The van der Waals surface area contributed by atoms with Crippen molar-refractivity contribution < 1.29 is 40.7 Å². The van der Waals surface area contributed by atoms with Crippen molar-refractivity contribution in [3.8, 4) is 0 Å². The van der Waals surface area contributed by atoms with Crippen molar-refractivity contribution in [3.63, 3.8) is 0 Å². The number of carboxylic acids is 1. The van der Waals surface area contributed by atoms with Crippen molar-refractivity contribution in [2.45, 2.75) is 13.8 Å². The van der Waals surface area contributed by atoms with Gasteiger partial charge in [-0.15, -0.1) is 5.57 Å². The van der Waals surface area contributed by atoms with Gasteiger partial charge in [0, 0.05) is 6.61 Å². The van der Waals surface area contributed by atoms with Gasteiger partial charge in [-0.05, 0) is 6.92 Å². The summed E-state index contributed by atoms with van der Waals surface area (Å²) in [6.45, 7) is 8.02. The Morgan fingerprint density at radius 3 is 1.58 bits per heavy atom. The van der Waals surface area contributed by atoms with Crippen molar-refractivity contribution in [1.29, 1.82) is 0 Å². The summed E-state index contributed by atoms with van der Waals surface area (Å²) >= 11 is -2.00. The van der Waals surface area contributed by atoms with Crippen LogP contribution in [0.25, 0.3) is 0 Å². The van der Waals surface area contributed by atoms with Gasteiger partial charge in [0.2, 0.25) is 0 Å². The maximum absolute atomic E-state index is 9.54. The Hall–Kier alpha value is -0.516. The molecule has 0 aliphatic carbocycles. The van der Waals surface area contributed by atoms with E-state index in [2.05, 4.69) is 0 Å². The molecule has 0 bridgehead atoms. The van der Waals surface area contributed by atoms with Crippen LogP contribution in [0, 0.1) is 6.58 Å². The quantitative estimate of drug-likeness (QED) is 0.367. The molecule has 0 fully saturated rings. The molecule has 70 valence electrons. The molecule has 2 N–H and O–H groups in total. The summed E-state index contributed by atoms with van der Waals surface area (Å²) in [5.41, 5.74) is -0.0741. The average molecular weight is 211 g/mol. The van der Waals surface area contributed by atoms with Gasteiger partial charge in [0.05, 0.1) is 0 Å². The van der Waals surface area contributed by atoms with E-state index in [1.807, 2.05) is 0 Å². The molecule has 5 nitrogen and oxygen atoms in total. The summed E-state index contributed by atoms with van der Waals surface area (Å²) in [6.07, 6.45) is 0. The van der Waals surface area contributed by atoms with Crippen LogP contribution >= 0.6 is 0 Å². The molecule has 0 unspecified atom stereocenters. The number of hydrogen-bond acceptors (Lipinski definition) is 4. The van der Waals surface area contributed by atoms with Gasteiger partial charge in [0.1, 0.15) is 0 Å². The van der Waals surface area contributed by atoms with Crippen molar-refractivity contribution in [3.05, 3.63) is 12.2 Å². The van der Waals surface area contributed by atoms with E-state index in [4.69, 9.17) is 23.4 Å². The SMILES string of the molecule is CCO.[CH-]=C(C)C(=O)O.[O]=[Ti]=[O]. The molecule has 0 spiro atoms. The van der Waals surface area contributed by atoms with Gasteiger partial charge < -0.3 is 15.0 Å². The van der Waals surface area contributed by atoms with Gasteiger partial charge in [-0.3, -0.25) is 6.58 Å². The normalized spacial score (nSPS) is 5.92. The van der Waals surface area contributed by atoms with E-state index in [1.165, 1.54) is 6.92 Å². The summed E-state index contributed by atoms with van der Waals surface area (Å²) < 4.78 is 17.0. The molecule has 0 aliphatic heterocycles. The van der Waals surface area contributed by atoms with Crippen LogP contribution < -0.4 is 0 Å². The molecule has 0 aliphatic rings. The number of carbonyl (C=O) groups is 1. The number of aliphatic carboxylic acids is 1. The Kier molecular flexibility index (Phi) is 24.6. The molecule has 0 radical (unpaired) electrons. The third-order valence-electron chi connectivity index (χ3n) is 0.337. The maximum atomic E-state index is 9.54. The van der Waals surface area contributed by atoms with Gasteiger partial charge in [-0.1, -0.05) is 6.92 Å². The fourth-order valence-corrected chi connectivity index (χ4v) is 0. The second kappa shape index (κ2) is 16.8. The summed E-state index contributed by atoms with van der Waals surface area (Å²) in [7, 11) is 0. The third kappa shape index (κ3) is 56.2. The minimum absolute atomic E-state index is 0.0741. The van der Waals surface area contributed by atoms with Gasteiger partial charge >= 0.3 is 25.7 Å². The molecule has 6 heteroatoms. The number of aliphatic hydroxyl groups excluding tert-OH is 1. The van der Waals surface area contributed by atoms with Crippen LogP contribution in [-0.2, 0) is 30.5 Å². The minimum atomic E-state index is -2.00. The van der Waals surface area contributed by atoms with E-state index in [-0.39, 0.29) is 12.2 Å². The van der Waals surface area contributed by atoms with Crippen molar-refractivity contribution in [1.82, 2.24) is 0 Å². The standard InChI is InChI=1S/C4H5O2.C2H6O.2O.Ti/c1-3(2)4(5)6;1-2-3;;;/h1H,2H3,(H,5,6);3H,2H2,1H3;;;/q-1;;;;. The van der Waals surface area contributed by atoms with E-state index in [0.29, 0.717) is 0 Å². The molecule has 12 heavy (non-hydrogen) atoms. The number of carboxylic acid groups (broad SMARTS) is 1. The van der Waals surface area contributed by atoms with Gasteiger partial charge in [-0.2, -0.15) is 0 Å². The number of aliphatic hydroxyl groups is 1. The molecular weight excluding hydrogens is 200 g/mol. The molecule has 0 amide bonds. The molecule has 0 saturated carbocycles. The van der Waals surface area contributed by atoms with Crippen LogP contribution in [0.1, 0.15) is 13.8 Å². The predicted molar refractivity (Wildman–Crippen MR) is 35.3 cm³/mol. The van der Waals surface area contributed by atoms with Crippen molar-refractivity contribution in [2.24, 2.45) is 0 Å². The molecule has 0 atom stereocenters. The van der Waals surface area contributed by atoms with Gasteiger partial charge in [-0.25, -0.2) is 0 Å². The topological polar surface area (TPSA) is 91.7 Å². The van der Waals surface area contributed by atoms with Crippen LogP contribution in [0.15, 0.2) is 5.57 Å². The van der Waals surface area contributed by atoms with Gasteiger partial charge in [0.25, 0.3) is 0 Å². The summed E-state index contributed by atoms with van der Waals surface area (Å²) in [5, 5.41) is 15.4. The monoisotopic (exact) mass is 211 g/mol. The van der Waals surface area contributed by atoms with E-state index >= 15 is 0 Å². The number of rotatable bonds is 1. The van der Waals surface area contributed by atoms with Crippen LogP contribution in [-0.4, -0.2) is 22.8 Å². The van der Waals surface area contributed by atoms with E-state index in [9.17, 15) is 4.79 Å². The van der Waals surface area contributed by atoms with E-state index < -0.39 is 25.1 Å². The first-order valence-electron chi connectivity index (χ1n) is 2.90. The molecule has 0 aromatic rings. The van der Waals surface area contributed by atoms with Crippen molar-refractivity contribution in [2.75, 3.05) is 6.61 Å². The fraction of sp³-hybridized carbons (Fsp3) is 0.500. The zero-order valence-electron chi connectivity index (χ0n) is 6.90. The second-order valence-corrected chi connectivity index (χ2v) is 1.65. The van der Waals surface area contributed by atoms with Crippen molar-refractivity contribution >= 4 is 5.97 Å². The first-order chi connectivity index (χ1) is 5.47. The average Bonchev–Trinajstić information content (AvgIpc) is 1.90. The molecular formula is C6H11O5Ti-. The van der Waals surface area contributed by atoms with E-state index in [0.717, 1.165) is 0 Å². The third-order valence-corrected chi connectivity index (χ3v) is 0.337. The van der Waals surface area contributed by atoms with E-state index in [1.54, 1.807) is 6.92 Å². The molecule has 0 aromatic heterocycles. The van der Waals surface area contributed by atoms with Gasteiger partial charge in [0.15, 0.2) is 5.97 Å². The van der Waals surface area contributed by atoms with Crippen LogP contribution in [0.3, 0.4) is 0 Å². The molecule has 0 heterocycles. The second-order valence-electron chi connectivity index (χ2n) is 1.39. The summed E-state index contributed by atoms with van der Waals surface area (Å²) in [6, 6.07) is 0. The molecule has 0 rings (SSSR count). The summed E-state index contributed by atoms with van der Waals surface area (Å²) in [4.78, 5) is 9.54. The van der Waals surface area contributed by atoms with Crippen LogP contribution in [0.2, 0.25) is 0 Å². The van der Waals surface area contributed by atoms with Crippen LogP contribution in [0.5, 0.6) is 0 Å².